The van der Waals surface area contributed by atoms with Crippen LogP contribution in [0.5, 0.6) is 0 Å². The average Bonchev–Trinajstić information content (AvgIpc) is 3.41. The minimum absolute atomic E-state index is 0.120. The van der Waals surface area contributed by atoms with E-state index in [1.165, 1.54) is 24.5 Å². The summed E-state index contributed by atoms with van der Waals surface area (Å²) in [5.74, 6) is -4.44. The number of carboxylic acids is 1. The fourth-order valence-electron chi connectivity index (χ4n) is 3.56. The quantitative estimate of drug-likeness (QED) is 0.503. The number of alkyl halides is 2. The van der Waals surface area contributed by atoms with Crippen LogP contribution in [0.15, 0.2) is 48.8 Å². The van der Waals surface area contributed by atoms with E-state index in [4.69, 9.17) is 0 Å². The highest BCUT2D eigenvalue weighted by Gasteiger charge is 2.44. The summed E-state index contributed by atoms with van der Waals surface area (Å²) < 4.78 is 30.5. The molecule has 0 radical (unpaired) electrons. The lowest BCUT2D eigenvalue weighted by atomic mass is 9.98. The number of carboxylic acid groups (broad SMARTS) is 1. The smallest absolute Gasteiger partial charge is 0.354 e. The largest absolute Gasteiger partial charge is 0.477 e. The Balaban J connectivity index is 1.66. The van der Waals surface area contributed by atoms with E-state index in [-0.39, 0.29) is 22.4 Å². The van der Waals surface area contributed by atoms with Crippen molar-refractivity contribution in [3.8, 4) is 33.5 Å². The molecule has 1 aliphatic rings. The van der Waals surface area contributed by atoms with E-state index >= 15 is 8.78 Å². The van der Waals surface area contributed by atoms with Gasteiger partial charge in [0.05, 0.1) is 12.4 Å². The predicted molar refractivity (Wildman–Crippen MR) is 94.8 cm³/mol. The first-order valence-electron chi connectivity index (χ1n) is 8.27. The number of hydrogen-bond donors (Lipinski definition) is 3. The first kappa shape index (κ1) is 16.3. The maximum atomic E-state index is 15.2. The van der Waals surface area contributed by atoms with Crippen LogP contribution in [0.4, 0.5) is 8.78 Å². The molecule has 2 aromatic carbocycles. The molecule has 4 aromatic rings. The number of nitrogens with one attached hydrogen (secondary N) is 2. The van der Waals surface area contributed by atoms with Gasteiger partial charge in [0.15, 0.2) is 5.69 Å². The second-order valence-corrected chi connectivity index (χ2v) is 6.41. The Labute approximate surface area is 156 Å². The van der Waals surface area contributed by atoms with Crippen molar-refractivity contribution in [3.63, 3.8) is 0 Å². The van der Waals surface area contributed by atoms with Crippen LogP contribution in [-0.2, 0) is 5.92 Å². The summed E-state index contributed by atoms with van der Waals surface area (Å²) in [6.07, 6.45) is 2.78. The minimum atomic E-state index is -3.23. The SMILES string of the molecule is O=C(O)c1[nH]ncc1-c1ccc2c(c1)C(F)(F)c1cc(-c3cn[nH]n3)ccc1-2. The first-order valence-corrected chi connectivity index (χ1v) is 8.27. The molecule has 0 spiro atoms. The molecular formula is C19H11F2N5O2. The third-order valence-corrected chi connectivity index (χ3v) is 4.88. The van der Waals surface area contributed by atoms with Gasteiger partial charge in [0, 0.05) is 22.3 Å². The van der Waals surface area contributed by atoms with Gasteiger partial charge in [0.1, 0.15) is 5.69 Å². The van der Waals surface area contributed by atoms with Crippen LogP contribution in [0.25, 0.3) is 33.5 Å². The summed E-state index contributed by atoms with van der Waals surface area (Å²) >= 11 is 0. The van der Waals surface area contributed by atoms with Crippen molar-refractivity contribution >= 4 is 5.97 Å². The van der Waals surface area contributed by atoms with E-state index in [9.17, 15) is 9.90 Å². The van der Waals surface area contributed by atoms with Gasteiger partial charge < -0.3 is 5.11 Å². The molecule has 3 N–H and O–H groups in total. The summed E-state index contributed by atoms with van der Waals surface area (Å²) in [5.41, 5.74) is 2.02. The lowest BCUT2D eigenvalue weighted by Gasteiger charge is -2.13. The van der Waals surface area contributed by atoms with Gasteiger partial charge in [-0.1, -0.05) is 24.3 Å². The fourth-order valence-corrected chi connectivity index (χ4v) is 3.56. The third kappa shape index (κ3) is 2.19. The second-order valence-electron chi connectivity index (χ2n) is 6.41. The number of hydrogen-bond acceptors (Lipinski definition) is 4. The molecule has 138 valence electrons. The molecule has 2 heterocycles. The van der Waals surface area contributed by atoms with Gasteiger partial charge in [-0.05, 0) is 28.8 Å². The topological polar surface area (TPSA) is 108 Å². The van der Waals surface area contributed by atoms with Gasteiger partial charge in [-0.3, -0.25) is 5.10 Å². The summed E-state index contributed by atoms with van der Waals surface area (Å²) in [4.78, 5) is 11.3. The second kappa shape index (κ2) is 5.56. The van der Waals surface area contributed by atoms with E-state index in [1.807, 2.05) is 0 Å². The van der Waals surface area contributed by atoms with Gasteiger partial charge >= 0.3 is 5.97 Å². The number of benzene rings is 2. The Morgan fingerprint density at radius 2 is 1.61 bits per heavy atom. The minimum Gasteiger partial charge on any atom is -0.477 e. The monoisotopic (exact) mass is 379 g/mol. The molecule has 0 unspecified atom stereocenters. The van der Waals surface area contributed by atoms with Crippen LogP contribution in [-0.4, -0.2) is 36.7 Å². The Morgan fingerprint density at radius 1 is 0.929 bits per heavy atom. The van der Waals surface area contributed by atoms with Crippen LogP contribution >= 0.6 is 0 Å². The Bertz CT molecular complexity index is 1230. The van der Waals surface area contributed by atoms with Crippen LogP contribution in [0.2, 0.25) is 0 Å². The molecule has 0 fully saturated rings. The van der Waals surface area contributed by atoms with Gasteiger partial charge in [0.2, 0.25) is 0 Å². The molecule has 28 heavy (non-hydrogen) atoms. The number of nitrogens with zero attached hydrogens (tertiary/aromatic N) is 3. The lowest BCUT2D eigenvalue weighted by molar-refractivity contribution is 0.0481. The maximum Gasteiger partial charge on any atom is 0.354 e. The van der Waals surface area contributed by atoms with Crippen LogP contribution in [0, 0.1) is 0 Å². The molecule has 2 aromatic heterocycles. The molecular weight excluding hydrogens is 368 g/mol. The molecule has 0 aliphatic heterocycles. The number of aromatic amines is 2. The van der Waals surface area contributed by atoms with E-state index in [0.717, 1.165) is 0 Å². The zero-order valence-electron chi connectivity index (χ0n) is 14.1. The van der Waals surface area contributed by atoms with E-state index in [1.54, 1.807) is 24.3 Å². The van der Waals surface area contributed by atoms with Crippen LogP contribution in [0.1, 0.15) is 21.6 Å². The molecule has 0 saturated carbocycles. The molecule has 1 aliphatic carbocycles. The number of halogens is 2. The molecule has 0 atom stereocenters. The number of rotatable bonds is 3. The fraction of sp³-hybridized carbons (Fsp3) is 0.0526. The molecule has 7 nitrogen and oxygen atoms in total. The summed E-state index contributed by atoms with van der Waals surface area (Å²) in [7, 11) is 0. The third-order valence-electron chi connectivity index (χ3n) is 4.88. The summed E-state index contributed by atoms with van der Waals surface area (Å²) in [6.45, 7) is 0. The number of aromatic nitrogens is 5. The van der Waals surface area contributed by atoms with Gasteiger partial charge in [-0.25, -0.2) is 4.79 Å². The average molecular weight is 379 g/mol. The Hall–Kier alpha value is -3.88. The first-order chi connectivity index (χ1) is 13.5. The zero-order chi connectivity index (χ0) is 19.5. The predicted octanol–water partition coefficient (Wildman–Crippen LogP) is 3.68. The van der Waals surface area contributed by atoms with Crippen molar-refractivity contribution < 1.29 is 18.7 Å². The maximum absolute atomic E-state index is 15.2. The highest BCUT2D eigenvalue weighted by molar-refractivity contribution is 5.94. The van der Waals surface area contributed by atoms with Crippen molar-refractivity contribution in [2.24, 2.45) is 0 Å². The van der Waals surface area contributed by atoms with Crippen molar-refractivity contribution in [1.82, 2.24) is 25.6 Å². The highest BCUT2D eigenvalue weighted by atomic mass is 19.3. The van der Waals surface area contributed by atoms with E-state index < -0.39 is 11.9 Å². The Morgan fingerprint density at radius 3 is 2.25 bits per heavy atom. The number of carbonyl (C=O) groups is 1. The van der Waals surface area contributed by atoms with Gasteiger partial charge in [-0.2, -0.15) is 29.3 Å². The van der Waals surface area contributed by atoms with Gasteiger partial charge in [-0.15, -0.1) is 0 Å². The number of fused-ring (bicyclic) bond motifs is 3. The molecule has 5 rings (SSSR count). The highest BCUT2D eigenvalue weighted by Crippen LogP contribution is 2.52. The normalized spacial score (nSPS) is 13.9. The number of H-pyrrole nitrogens is 2. The van der Waals surface area contributed by atoms with E-state index in [2.05, 4.69) is 25.6 Å². The Kier molecular flexibility index (Phi) is 3.24. The van der Waals surface area contributed by atoms with Crippen molar-refractivity contribution in [3.05, 3.63) is 65.6 Å². The molecule has 0 bridgehead atoms. The van der Waals surface area contributed by atoms with Crippen molar-refractivity contribution in [2.75, 3.05) is 0 Å². The standard InChI is InChI=1S/C19H11F2N5O2/c20-19(21)14-5-9(13-7-22-25-17(13)18(27)28)1-3-11(14)12-4-2-10(6-15(12)19)16-8-23-26-24-16/h1-8H,(H,22,25)(H,27,28)(H,23,24,26). The number of aromatic carboxylic acids is 1. The van der Waals surface area contributed by atoms with Crippen molar-refractivity contribution in [2.45, 2.75) is 5.92 Å². The van der Waals surface area contributed by atoms with Crippen molar-refractivity contribution in [1.29, 1.82) is 0 Å². The molecule has 0 amide bonds. The lowest BCUT2D eigenvalue weighted by Crippen LogP contribution is -2.11. The van der Waals surface area contributed by atoms with Gasteiger partial charge in [0.25, 0.3) is 5.92 Å². The summed E-state index contributed by atoms with van der Waals surface area (Å²) in [6, 6.07) is 9.29. The molecule has 9 heteroatoms. The summed E-state index contributed by atoms with van der Waals surface area (Å²) in [5, 5.41) is 25.5. The molecule has 0 saturated heterocycles. The zero-order valence-corrected chi connectivity index (χ0v) is 14.1. The van der Waals surface area contributed by atoms with Crippen LogP contribution in [0.3, 0.4) is 0 Å². The van der Waals surface area contributed by atoms with Crippen LogP contribution < -0.4 is 0 Å². The van der Waals surface area contributed by atoms with E-state index in [0.29, 0.717) is 27.9 Å².